The van der Waals surface area contributed by atoms with E-state index in [1.54, 1.807) is 12.1 Å². The smallest absolute Gasteiger partial charge is 0.323 e. The van der Waals surface area contributed by atoms with Crippen molar-refractivity contribution in [2.75, 3.05) is 13.1 Å². The van der Waals surface area contributed by atoms with Crippen LogP contribution in [0.4, 0.5) is 0 Å². The fourth-order valence-corrected chi connectivity index (χ4v) is 2.12. The second-order valence-electron chi connectivity index (χ2n) is 4.37. The minimum atomic E-state index is -1.04. The lowest BCUT2D eigenvalue weighted by Gasteiger charge is -2.12. The predicted octanol–water partition coefficient (Wildman–Crippen LogP) is -0.209. The summed E-state index contributed by atoms with van der Waals surface area (Å²) >= 11 is 0. The van der Waals surface area contributed by atoms with Crippen molar-refractivity contribution in [1.29, 1.82) is 0 Å². The molecule has 0 spiro atoms. The number of aliphatic carboxylic acids is 1. The maximum atomic E-state index is 12.0. The topological polar surface area (TPSA) is 114 Å². The molecule has 1 aliphatic rings. The molecule has 3 rings (SSSR count). The van der Waals surface area contributed by atoms with Gasteiger partial charge in [0.2, 0.25) is 11.7 Å². The van der Waals surface area contributed by atoms with Crippen LogP contribution in [0.5, 0.6) is 0 Å². The van der Waals surface area contributed by atoms with Crippen LogP contribution in [0.1, 0.15) is 12.5 Å². The van der Waals surface area contributed by atoms with Gasteiger partial charge in [-0.15, -0.1) is 10.2 Å². The van der Waals surface area contributed by atoms with Gasteiger partial charge in [0.25, 0.3) is 0 Å². The van der Waals surface area contributed by atoms with Gasteiger partial charge in [0, 0.05) is 6.54 Å². The lowest BCUT2D eigenvalue weighted by molar-refractivity contribution is -0.143. The average Bonchev–Trinajstić information content (AvgIpc) is 3.10. The fraction of sp³-hybridized carbons (Fsp3) is 0.364. The van der Waals surface area contributed by atoms with Crippen LogP contribution in [0.3, 0.4) is 0 Å². The third kappa shape index (κ3) is 2.13. The number of carbonyl (C=O) groups excluding carboxylic acids is 1. The van der Waals surface area contributed by atoms with Crippen molar-refractivity contribution in [3.05, 3.63) is 18.4 Å². The second-order valence-corrected chi connectivity index (χ2v) is 4.37. The van der Waals surface area contributed by atoms with E-state index in [-0.39, 0.29) is 12.5 Å². The molecule has 0 aliphatic carbocycles. The zero-order valence-corrected chi connectivity index (χ0v) is 10.3. The molecule has 1 N–H and O–H groups in total. The monoisotopic (exact) mass is 277 g/mol. The molecule has 9 nitrogen and oxygen atoms in total. The van der Waals surface area contributed by atoms with Gasteiger partial charge in [-0.3, -0.25) is 9.59 Å². The molecule has 0 radical (unpaired) electrons. The van der Waals surface area contributed by atoms with Crippen molar-refractivity contribution in [1.82, 2.24) is 25.1 Å². The number of carboxylic acids is 1. The number of tetrazole rings is 1. The van der Waals surface area contributed by atoms with Gasteiger partial charge in [0.05, 0.1) is 6.26 Å². The summed E-state index contributed by atoms with van der Waals surface area (Å²) in [6.07, 6.45) is 1.95. The van der Waals surface area contributed by atoms with Gasteiger partial charge < -0.3 is 14.4 Å². The molecule has 2 aromatic heterocycles. The molecule has 0 saturated carbocycles. The summed E-state index contributed by atoms with van der Waals surface area (Å²) < 4.78 is 5.14. The number of carboxylic acid groups (broad SMARTS) is 1. The summed E-state index contributed by atoms with van der Waals surface area (Å²) in [5, 5.41) is 20.5. The van der Waals surface area contributed by atoms with E-state index in [4.69, 9.17) is 9.52 Å². The Kier molecular flexibility index (Phi) is 2.93. The third-order valence-corrected chi connectivity index (χ3v) is 3.04. The zero-order chi connectivity index (χ0) is 14.1. The summed E-state index contributed by atoms with van der Waals surface area (Å²) in [7, 11) is 0. The molecule has 104 valence electrons. The Labute approximate surface area is 112 Å². The second kappa shape index (κ2) is 4.76. The summed E-state index contributed by atoms with van der Waals surface area (Å²) in [5.74, 6) is -0.596. The molecular weight excluding hydrogens is 266 g/mol. The van der Waals surface area contributed by atoms with Gasteiger partial charge >= 0.3 is 5.97 Å². The number of aromatic nitrogens is 4. The number of hydrogen-bond donors (Lipinski definition) is 1. The van der Waals surface area contributed by atoms with Crippen molar-refractivity contribution < 1.29 is 19.1 Å². The van der Waals surface area contributed by atoms with Gasteiger partial charge in [-0.2, -0.15) is 4.80 Å². The number of amides is 1. The number of rotatable bonds is 4. The molecule has 1 atom stereocenters. The quantitative estimate of drug-likeness (QED) is 0.822. The summed E-state index contributed by atoms with van der Waals surface area (Å²) in [6.45, 7) is 0.0580. The number of furan rings is 1. The van der Waals surface area contributed by atoms with Crippen LogP contribution < -0.4 is 0 Å². The van der Waals surface area contributed by atoms with E-state index in [9.17, 15) is 9.59 Å². The first-order valence-corrected chi connectivity index (χ1v) is 5.99. The molecule has 3 heterocycles. The Bertz CT molecular complexity index is 635. The molecule has 1 saturated heterocycles. The van der Waals surface area contributed by atoms with Crippen molar-refractivity contribution in [3.8, 4) is 11.6 Å². The lowest BCUT2D eigenvalue weighted by Crippen LogP contribution is -2.33. The SMILES string of the molecule is O=C(O)CN1CCC(n2nnc(-c3ccco3)n2)C1=O. The van der Waals surface area contributed by atoms with E-state index < -0.39 is 12.0 Å². The largest absolute Gasteiger partial charge is 0.480 e. The Morgan fingerprint density at radius 3 is 3.10 bits per heavy atom. The van der Waals surface area contributed by atoms with Crippen LogP contribution in [-0.2, 0) is 9.59 Å². The van der Waals surface area contributed by atoms with Crippen LogP contribution in [0.15, 0.2) is 22.8 Å². The van der Waals surface area contributed by atoms with Crippen molar-refractivity contribution >= 4 is 11.9 Å². The molecule has 20 heavy (non-hydrogen) atoms. The first-order valence-electron chi connectivity index (χ1n) is 5.99. The van der Waals surface area contributed by atoms with Crippen LogP contribution in [0.25, 0.3) is 11.6 Å². The molecule has 1 unspecified atom stereocenters. The molecule has 9 heteroatoms. The lowest BCUT2D eigenvalue weighted by atomic mass is 10.3. The molecule has 0 bridgehead atoms. The van der Waals surface area contributed by atoms with E-state index in [2.05, 4.69) is 15.4 Å². The number of nitrogens with zero attached hydrogens (tertiary/aromatic N) is 5. The van der Waals surface area contributed by atoms with E-state index >= 15 is 0 Å². The number of likely N-dealkylation sites (tertiary alicyclic amines) is 1. The van der Waals surface area contributed by atoms with Gasteiger partial charge in [-0.05, 0) is 23.8 Å². The van der Waals surface area contributed by atoms with Crippen LogP contribution in [-0.4, -0.2) is 55.2 Å². The Hall–Kier alpha value is -2.71. The Morgan fingerprint density at radius 2 is 2.40 bits per heavy atom. The summed E-state index contributed by atoms with van der Waals surface area (Å²) in [5.41, 5.74) is 0. The first kappa shape index (κ1) is 12.3. The van der Waals surface area contributed by atoms with Crippen molar-refractivity contribution in [3.63, 3.8) is 0 Å². The van der Waals surface area contributed by atoms with E-state index in [1.165, 1.54) is 16.0 Å². The maximum Gasteiger partial charge on any atom is 0.323 e. The van der Waals surface area contributed by atoms with Crippen LogP contribution in [0.2, 0.25) is 0 Å². The van der Waals surface area contributed by atoms with Gasteiger partial charge in [-0.1, -0.05) is 0 Å². The van der Waals surface area contributed by atoms with Crippen molar-refractivity contribution in [2.45, 2.75) is 12.5 Å². The standard InChI is InChI=1S/C11H11N5O4/c17-9(18)6-15-4-3-7(11(15)19)16-13-10(12-14-16)8-2-1-5-20-8/h1-2,5,7H,3-4,6H2,(H,17,18). The minimum absolute atomic E-state index is 0.291. The molecule has 1 aliphatic heterocycles. The molecular formula is C11H11N5O4. The molecule has 1 fully saturated rings. The van der Waals surface area contributed by atoms with Gasteiger partial charge in [0.1, 0.15) is 6.54 Å². The zero-order valence-electron chi connectivity index (χ0n) is 10.3. The fourth-order valence-electron chi connectivity index (χ4n) is 2.12. The van der Waals surface area contributed by atoms with Crippen LogP contribution >= 0.6 is 0 Å². The highest BCUT2D eigenvalue weighted by molar-refractivity contribution is 5.85. The van der Waals surface area contributed by atoms with E-state index in [1.807, 2.05) is 0 Å². The first-order chi connectivity index (χ1) is 9.65. The predicted molar refractivity (Wildman–Crippen MR) is 63.4 cm³/mol. The minimum Gasteiger partial charge on any atom is -0.480 e. The molecule has 2 aromatic rings. The highest BCUT2D eigenvalue weighted by atomic mass is 16.4. The molecule has 1 amide bonds. The third-order valence-electron chi connectivity index (χ3n) is 3.04. The maximum absolute atomic E-state index is 12.0. The van der Waals surface area contributed by atoms with Crippen LogP contribution in [0, 0.1) is 0 Å². The number of hydrogen-bond acceptors (Lipinski definition) is 6. The average molecular weight is 277 g/mol. The van der Waals surface area contributed by atoms with Crippen molar-refractivity contribution in [2.24, 2.45) is 0 Å². The highest BCUT2D eigenvalue weighted by Crippen LogP contribution is 2.22. The number of carbonyl (C=O) groups is 2. The summed E-state index contributed by atoms with van der Waals surface area (Å²) in [4.78, 5) is 25.2. The van der Waals surface area contributed by atoms with Gasteiger partial charge in [-0.25, -0.2) is 0 Å². The normalized spacial score (nSPS) is 18.7. The Morgan fingerprint density at radius 1 is 1.55 bits per heavy atom. The van der Waals surface area contributed by atoms with E-state index in [0.29, 0.717) is 24.6 Å². The highest BCUT2D eigenvalue weighted by Gasteiger charge is 2.35. The molecule has 0 aromatic carbocycles. The van der Waals surface area contributed by atoms with E-state index in [0.717, 1.165) is 0 Å². The van der Waals surface area contributed by atoms with Gasteiger partial charge in [0.15, 0.2) is 11.8 Å². The summed E-state index contributed by atoms with van der Waals surface area (Å²) in [6, 6.07) is 2.78. The Balaban J connectivity index is 1.77.